The molecule has 2 aromatic rings. The van der Waals surface area contributed by atoms with Crippen LogP contribution in [0.5, 0.6) is 0 Å². The molecule has 1 heterocycles. The normalized spacial score (nSPS) is 8.86. The number of nitrogens with two attached hydrogens (primary N) is 1. The fourth-order valence-corrected chi connectivity index (χ4v) is 2.59. The van der Waals surface area contributed by atoms with Gasteiger partial charge in [0.2, 0.25) is 0 Å². The van der Waals surface area contributed by atoms with Crippen LogP contribution in [0.25, 0.3) is 16.5 Å². The van der Waals surface area contributed by atoms with Crippen LogP contribution in [0, 0.1) is 28.1 Å². The highest BCUT2D eigenvalue weighted by Crippen LogP contribution is 2.29. The van der Waals surface area contributed by atoms with Gasteiger partial charge < -0.3 is 5.73 Å². The lowest BCUT2D eigenvalue weighted by molar-refractivity contribution is 1.43. The van der Waals surface area contributed by atoms with Gasteiger partial charge in [0.25, 0.3) is 0 Å². The smallest absolute Gasteiger partial charge is 0.131 e. The van der Waals surface area contributed by atoms with Crippen LogP contribution in [0.3, 0.4) is 0 Å². The van der Waals surface area contributed by atoms with Crippen molar-refractivity contribution in [3.63, 3.8) is 0 Å². The minimum atomic E-state index is 0. The summed E-state index contributed by atoms with van der Waals surface area (Å²) in [4.78, 5) is 1.88. The molecule has 0 fully saturated rings. The SMILES string of the molecule is I.N#CC(C#N)=Cc1ccc(-c2ccc(C(=N)N)cc2)s1. The molecule has 6 heteroatoms. The van der Waals surface area contributed by atoms with Crippen LogP contribution in [0.1, 0.15) is 10.4 Å². The Bertz CT molecular complexity index is 744. The third-order valence-electron chi connectivity index (χ3n) is 2.63. The van der Waals surface area contributed by atoms with E-state index in [0.717, 1.165) is 15.3 Å². The van der Waals surface area contributed by atoms with E-state index in [0.29, 0.717) is 5.56 Å². The van der Waals surface area contributed by atoms with Crippen molar-refractivity contribution >= 4 is 47.2 Å². The van der Waals surface area contributed by atoms with E-state index in [9.17, 15) is 0 Å². The average Bonchev–Trinajstić information content (AvgIpc) is 2.93. The van der Waals surface area contributed by atoms with Gasteiger partial charge in [-0.2, -0.15) is 10.5 Å². The number of nitrogen functional groups attached to an aromatic ring is 1. The van der Waals surface area contributed by atoms with E-state index in [1.165, 1.54) is 11.3 Å². The number of halogens is 1. The van der Waals surface area contributed by atoms with E-state index in [-0.39, 0.29) is 35.4 Å². The Morgan fingerprint density at radius 3 is 2.24 bits per heavy atom. The molecule has 0 amide bonds. The van der Waals surface area contributed by atoms with Gasteiger partial charge in [-0.25, -0.2) is 0 Å². The molecule has 1 aromatic heterocycles. The first kappa shape index (κ1) is 16.9. The fourth-order valence-electron chi connectivity index (χ4n) is 1.63. The Balaban J connectivity index is 0.00000220. The summed E-state index contributed by atoms with van der Waals surface area (Å²) in [7, 11) is 0. The minimum absolute atomic E-state index is 0. The van der Waals surface area contributed by atoms with E-state index < -0.39 is 0 Å². The van der Waals surface area contributed by atoms with Crippen LogP contribution < -0.4 is 5.73 Å². The van der Waals surface area contributed by atoms with Crippen molar-refractivity contribution in [1.29, 1.82) is 15.9 Å². The van der Waals surface area contributed by atoms with Gasteiger partial charge in [0, 0.05) is 15.3 Å². The van der Waals surface area contributed by atoms with Crippen molar-refractivity contribution < 1.29 is 0 Å². The zero-order valence-corrected chi connectivity index (χ0v) is 14.0. The van der Waals surface area contributed by atoms with E-state index in [1.54, 1.807) is 18.2 Å². The first-order chi connectivity index (χ1) is 9.63. The van der Waals surface area contributed by atoms with Crippen LogP contribution in [0.2, 0.25) is 0 Å². The summed E-state index contributed by atoms with van der Waals surface area (Å²) in [5.41, 5.74) is 7.19. The number of hydrogen-bond acceptors (Lipinski definition) is 4. The number of thiophene rings is 1. The minimum Gasteiger partial charge on any atom is -0.384 e. The van der Waals surface area contributed by atoms with Crippen molar-refractivity contribution in [3.8, 4) is 22.6 Å². The summed E-state index contributed by atoms with van der Waals surface area (Å²) in [6, 6.07) is 14.9. The van der Waals surface area contributed by atoms with E-state index in [4.69, 9.17) is 21.7 Å². The Labute approximate surface area is 143 Å². The standard InChI is InChI=1S/C15H10N4S.HI/c16-8-10(9-17)7-13-5-6-14(20-13)11-1-3-12(4-2-11)15(18)19;/h1-7H,(H3,18,19);1H. The monoisotopic (exact) mass is 406 g/mol. The Hall–Kier alpha value is -2.16. The molecule has 4 nitrogen and oxygen atoms in total. The number of nitrogens with one attached hydrogen (secondary N) is 1. The molecule has 3 N–H and O–H groups in total. The Kier molecular flexibility index (Phi) is 6.10. The van der Waals surface area contributed by atoms with Crippen molar-refractivity contribution in [2.45, 2.75) is 0 Å². The number of benzene rings is 1. The number of allylic oxidation sites excluding steroid dienone is 1. The third-order valence-corrected chi connectivity index (χ3v) is 3.72. The maximum absolute atomic E-state index is 8.73. The van der Waals surface area contributed by atoms with Crippen molar-refractivity contribution in [2.75, 3.05) is 0 Å². The molecule has 0 radical (unpaired) electrons. The second-order valence-corrected chi connectivity index (χ2v) is 5.09. The molecule has 0 atom stereocenters. The molecule has 104 valence electrons. The molecule has 0 spiro atoms. The Morgan fingerprint density at radius 1 is 1.10 bits per heavy atom. The van der Waals surface area contributed by atoms with E-state index in [2.05, 4.69) is 0 Å². The Morgan fingerprint density at radius 2 is 1.71 bits per heavy atom. The molecule has 21 heavy (non-hydrogen) atoms. The molecular formula is C15H11IN4S. The van der Waals surface area contributed by atoms with Gasteiger partial charge in [0.1, 0.15) is 23.5 Å². The molecule has 0 bridgehead atoms. The maximum Gasteiger partial charge on any atom is 0.131 e. The van der Waals surface area contributed by atoms with Gasteiger partial charge in [-0.1, -0.05) is 24.3 Å². The van der Waals surface area contributed by atoms with Crippen LogP contribution in [0.4, 0.5) is 0 Å². The lowest BCUT2D eigenvalue weighted by atomic mass is 10.1. The zero-order valence-electron chi connectivity index (χ0n) is 10.8. The lowest BCUT2D eigenvalue weighted by Crippen LogP contribution is -2.10. The molecule has 0 saturated carbocycles. The molecular weight excluding hydrogens is 395 g/mol. The number of amidine groups is 1. The molecule has 2 rings (SSSR count). The molecule has 0 aliphatic rings. The van der Waals surface area contributed by atoms with Gasteiger partial charge in [-0.05, 0) is 23.8 Å². The van der Waals surface area contributed by atoms with Gasteiger partial charge in [0.15, 0.2) is 0 Å². The zero-order chi connectivity index (χ0) is 14.5. The van der Waals surface area contributed by atoms with Crippen molar-refractivity contribution in [1.82, 2.24) is 0 Å². The summed E-state index contributed by atoms with van der Waals surface area (Å²) < 4.78 is 0. The summed E-state index contributed by atoms with van der Waals surface area (Å²) in [5.74, 6) is 0.0408. The van der Waals surface area contributed by atoms with Crippen LogP contribution in [0.15, 0.2) is 42.0 Å². The van der Waals surface area contributed by atoms with E-state index in [1.807, 2.05) is 36.4 Å². The highest BCUT2D eigenvalue weighted by Gasteiger charge is 2.04. The van der Waals surface area contributed by atoms with Gasteiger partial charge in [-0.3, -0.25) is 5.41 Å². The molecule has 0 aliphatic heterocycles. The molecule has 1 aromatic carbocycles. The highest BCUT2D eigenvalue weighted by molar-refractivity contribution is 14.0. The average molecular weight is 406 g/mol. The first-order valence-corrected chi connectivity index (χ1v) is 6.52. The van der Waals surface area contributed by atoms with Gasteiger partial charge >= 0.3 is 0 Å². The van der Waals surface area contributed by atoms with Crippen molar-refractivity contribution in [2.24, 2.45) is 5.73 Å². The molecule has 0 saturated heterocycles. The predicted molar refractivity (Wildman–Crippen MR) is 95.4 cm³/mol. The molecule has 0 aliphatic carbocycles. The van der Waals surface area contributed by atoms with Crippen molar-refractivity contribution in [3.05, 3.63) is 52.4 Å². The summed E-state index contributed by atoms with van der Waals surface area (Å²) in [5, 5.41) is 24.8. The number of nitriles is 2. The van der Waals surface area contributed by atoms with Crippen LogP contribution in [-0.2, 0) is 0 Å². The summed E-state index contributed by atoms with van der Waals surface area (Å²) >= 11 is 1.50. The van der Waals surface area contributed by atoms with Crippen LogP contribution in [-0.4, -0.2) is 5.84 Å². The quantitative estimate of drug-likeness (QED) is 0.352. The number of nitrogens with zero attached hydrogens (tertiary/aromatic N) is 2. The first-order valence-electron chi connectivity index (χ1n) is 5.70. The summed E-state index contributed by atoms with van der Waals surface area (Å²) in [6.07, 6.45) is 1.57. The predicted octanol–water partition coefficient (Wildman–Crippen LogP) is 3.75. The highest BCUT2D eigenvalue weighted by atomic mass is 127. The molecule has 0 unspecified atom stereocenters. The van der Waals surface area contributed by atoms with Crippen LogP contribution >= 0.6 is 35.3 Å². The van der Waals surface area contributed by atoms with E-state index >= 15 is 0 Å². The van der Waals surface area contributed by atoms with Gasteiger partial charge in [0.05, 0.1) is 0 Å². The topological polar surface area (TPSA) is 97.5 Å². The largest absolute Gasteiger partial charge is 0.384 e. The maximum atomic E-state index is 8.73. The number of hydrogen-bond donors (Lipinski definition) is 2. The summed E-state index contributed by atoms with van der Waals surface area (Å²) in [6.45, 7) is 0. The third kappa shape index (κ3) is 4.15. The lowest BCUT2D eigenvalue weighted by Gasteiger charge is -2.00. The fraction of sp³-hybridized carbons (Fsp3) is 0. The number of rotatable bonds is 3. The van der Waals surface area contributed by atoms with Gasteiger partial charge in [-0.15, -0.1) is 35.3 Å². The second-order valence-electron chi connectivity index (χ2n) is 3.97. The second kappa shape index (κ2) is 7.58.